The third kappa shape index (κ3) is 5.13. The molecule has 1 fully saturated rings. The van der Waals surface area contributed by atoms with Crippen LogP contribution in [0, 0.1) is 5.82 Å². The summed E-state index contributed by atoms with van der Waals surface area (Å²) in [5.74, 6) is -1.05. The minimum absolute atomic E-state index is 0.212. The first-order chi connectivity index (χ1) is 19.5. The van der Waals surface area contributed by atoms with Gasteiger partial charge in [0.2, 0.25) is 0 Å². The van der Waals surface area contributed by atoms with E-state index < -0.39 is 23.3 Å². The first kappa shape index (κ1) is 25.9. The molecular formula is C31H28FN5O2S. The maximum absolute atomic E-state index is 15.5. The normalized spacial score (nSPS) is 14.8. The molecular weight excluding hydrogens is 525 g/mol. The number of fused-ring (bicyclic) bond motifs is 1. The maximum atomic E-state index is 15.5. The zero-order valence-corrected chi connectivity index (χ0v) is 22.8. The number of rotatable bonds is 6. The molecule has 0 aliphatic carbocycles. The topological polar surface area (TPSA) is 70.5 Å². The Bertz CT molecular complexity index is 1700. The van der Waals surface area contributed by atoms with Crippen molar-refractivity contribution in [3.63, 3.8) is 0 Å². The zero-order chi connectivity index (χ0) is 27.6. The number of benzene rings is 3. The van der Waals surface area contributed by atoms with Crippen LogP contribution in [0.25, 0.3) is 21.9 Å². The molecule has 0 bridgehead atoms. The molecule has 1 atom stereocenters. The van der Waals surface area contributed by atoms with E-state index in [4.69, 9.17) is 0 Å². The van der Waals surface area contributed by atoms with Crippen LogP contribution in [0.3, 0.4) is 0 Å². The van der Waals surface area contributed by atoms with Crippen molar-refractivity contribution in [1.82, 2.24) is 14.5 Å². The van der Waals surface area contributed by atoms with E-state index in [0.29, 0.717) is 10.7 Å². The summed E-state index contributed by atoms with van der Waals surface area (Å²) in [7, 11) is 2.13. The van der Waals surface area contributed by atoms with E-state index >= 15 is 4.39 Å². The molecule has 1 unspecified atom stereocenters. The summed E-state index contributed by atoms with van der Waals surface area (Å²) in [6.45, 7) is 4.00. The zero-order valence-electron chi connectivity index (χ0n) is 22.0. The Labute approximate surface area is 235 Å². The summed E-state index contributed by atoms with van der Waals surface area (Å²) in [6, 6.07) is 21.2. The van der Waals surface area contributed by atoms with Crippen LogP contribution in [0.15, 0.2) is 95.4 Å². The van der Waals surface area contributed by atoms with E-state index in [9.17, 15) is 9.59 Å². The number of pyridine rings is 1. The average Bonchev–Trinajstić information content (AvgIpc) is 3.50. The van der Waals surface area contributed by atoms with E-state index in [1.54, 1.807) is 48.0 Å². The lowest BCUT2D eigenvalue weighted by molar-refractivity contribution is -0.118. The predicted octanol–water partition coefficient (Wildman–Crippen LogP) is 5.24. The van der Waals surface area contributed by atoms with Crippen molar-refractivity contribution in [2.24, 2.45) is 0 Å². The van der Waals surface area contributed by atoms with Gasteiger partial charge in [-0.05, 0) is 41.9 Å². The third-order valence-electron chi connectivity index (χ3n) is 7.37. The average molecular weight is 554 g/mol. The van der Waals surface area contributed by atoms with Crippen LogP contribution in [-0.4, -0.2) is 53.6 Å². The second kappa shape index (κ2) is 11.0. The van der Waals surface area contributed by atoms with Crippen LogP contribution in [-0.2, 0) is 4.79 Å². The highest BCUT2D eigenvalue weighted by molar-refractivity contribution is 7.13. The Morgan fingerprint density at radius 3 is 2.38 bits per heavy atom. The Kier molecular flexibility index (Phi) is 7.15. The molecule has 5 aromatic rings. The summed E-state index contributed by atoms with van der Waals surface area (Å²) in [6.07, 6.45) is 2.70. The number of carbonyl (C=O) groups excluding carboxylic acids is 1. The lowest BCUT2D eigenvalue weighted by Crippen LogP contribution is -2.44. The van der Waals surface area contributed by atoms with Crippen LogP contribution < -0.4 is 15.8 Å². The number of aromatic nitrogens is 2. The summed E-state index contributed by atoms with van der Waals surface area (Å²) < 4.78 is 16.6. The molecule has 0 saturated carbocycles. The smallest absolute Gasteiger partial charge is 0.259 e. The summed E-state index contributed by atoms with van der Waals surface area (Å²) >= 11 is 1.27. The van der Waals surface area contributed by atoms with E-state index in [0.717, 1.165) is 49.2 Å². The number of hydrogen-bond acceptors (Lipinski definition) is 6. The highest BCUT2D eigenvalue weighted by Crippen LogP contribution is 2.28. The van der Waals surface area contributed by atoms with Gasteiger partial charge in [-0.3, -0.25) is 19.5 Å². The van der Waals surface area contributed by atoms with E-state index in [2.05, 4.69) is 39.3 Å². The molecule has 9 heteroatoms. The first-order valence-electron chi connectivity index (χ1n) is 13.1. The van der Waals surface area contributed by atoms with Gasteiger partial charge in [0.25, 0.3) is 11.5 Å². The number of halogens is 1. The van der Waals surface area contributed by atoms with Gasteiger partial charge in [0.15, 0.2) is 5.13 Å². The van der Waals surface area contributed by atoms with Crippen molar-refractivity contribution in [2.75, 3.05) is 43.4 Å². The van der Waals surface area contributed by atoms with E-state index in [1.165, 1.54) is 15.9 Å². The highest BCUT2D eigenvalue weighted by Gasteiger charge is 2.26. The SMILES string of the molecule is CN1CCN(c2ccc(-c3ccc4c(F)cn(C(C(=O)Nc5nccs5)c5ccccc5)c(=O)c4c3)cc2)CC1. The second-order valence-electron chi connectivity index (χ2n) is 9.93. The fourth-order valence-corrected chi connectivity index (χ4v) is 5.68. The summed E-state index contributed by atoms with van der Waals surface area (Å²) in [4.78, 5) is 36.1. The maximum Gasteiger partial charge on any atom is 0.259 e. The number of anilines is 2. The largest absolute Gasteiger partial charge is 0.369 e. The molecule has 7 nitrogen and oxygen atoms in total. The van der Waals surface area contributed by atoms with Gasteiger partial charge in [-0.25, -0.2) is 9.37 Å². The molecule has 0 radical (unpaired) electrons. The van der Waals surface area contributed by atoms with Gasteiger partial charge in [0.05, 0.1) is 5.39 Å². The third-order valence-corrected chi connectivity index (χ3v) is 8.06. The fourth-order valence-electron chi connectivity index (χ4n) is 5.15. The first-order valence-corrected chi connectivity index (χ1v) is 14.0. The van der Waals surface area contributed by atoms with Crippen LogP contribution in [0.4, 0.5) is 15.2 Å². The second-order valence-corrected chi connectivity index (χ2v) is 10.8. The standard InChI is InChI=1S/C31H28FN5O2S/c1-35-14-16-36(17-15-35)24-10-7-21(8-11-24)23-9-12-25-26(19-23)30(39)37(20-27(25)32)28(22-5-3-2-4-6-22)29(38)34-31-33-13-18-40-31/h2-13,18-20,28H,14-17H2,1H3,(H,33,34,38). The van der Waals surface area contributed by atoms with Gasteiger partial charge in [0.1, 0.15) is 11.9 Å². The Morgan fingerprint density at radius 1 is 0.950 bits per heavy atom. The van der Waals surface area contributed by atoms with Gasteiger partial charge >= 0.3 is 0 Å². The van der Waals surface area contributed by atoms with Gasteiger partial charge in [-0.2, -0.15) is 0 Å². The summed E-state index contributed by atoms with van der Waals surface area (Å²) in [5, 5.41) is 5.34. The van der Waals surface area contributed by atoms with Gasteiger partial charge < -0.3 is 9.80 Å². The molecule has 3 aromatic carbocycles. The Morgan fingerprint density at radius 2 is 1.68 bits per heavy atom. The fraction of sp³-hybridized carbons (Fsp3) is 0.194. The molecule has 6 rings (SSSR count). The van der Waals surface area contributed by atoms with Gasteiger partial charge in [-0.15, -0.1) is 11.3 Å². The van der Waals surface area contributed by atoms with Gasteiger partial charge in [0, 0.05) is 55.0 Å². The minimum Gasteiger partial charge on any atom is -0.369 e. The summed E-state index contributed by atoms with van der Waals surface area (Å²) in [5.41, 5.74) is 3.00. The molecule has 1 amide bonds. The lowest BCUT2D eigenvalue weighted by atomic mass is 10.0. The number of carbonyl (C=O) groups is 1. The van der Waals surface area contributed by atoms with Crippen LogP contribution >= 0.6 is 11.3 Å². The number of amides is 1. The Balaban J connectivity index is 1.39. The number of nitrogens with one attached hydrogen (secondary N) is 1. The lowest BCUT2D eigenvalue weighted by Gasteiger charge is -2.34. The van der Waals surface area contributed by atoms with Crippen molar-refractivity contribution < 1.29 is 9.18 Å². The number of thiazole rings is 1. The molecule has 1 N–H and O–H groups in total. The molecule has 2 aromatic heterocycles. The molecule has 1 aliphatic rings. The van der Waals surface area contributed by atoms with Crippen molar-refractivity contribution in [2.45, 2.75) is 6.04 Å². The Hall–Kier alpha value is -4.34. The van der Waals surface area contributed by atoms with Crippen molar-refractivity contribution in [3.05, 3.63) is 112 Å². The minimum atomic E-state index is -1.08. The van der Waals surface area contributed by atoms with Crippen LogP contribution in [0.5, 0.6) is 0 Å². The van der Waals surface area contributed by atoms with E-state index in [-0.39, 0.29) is 10.8 Å². The molecule has 40 heavy (non-hydrogen) atoms. The van der Waals surface area contributed by atoms with Crippen molar-refractivity contribution >= 4 is 38.8 Å². The van der Waals surface area contributed by atoms with Crippen LogP contribution in [0.1, 0.15) is 11.6 Å². The van der Waals surface area contributed by atoms with Crippen molar-refractivity contribution in [1.29, 1.82) is 0 Å². The number of piperazine rings is 1. The molecule has 3 heterocycles. The number of hydrogen-bond donors (Lipinski definition) is 1. The molecule has 202 valence electrons. The predicted molar refractivity (Wildman–Crippen MR) is 159 cm³/mol. The number of likely N-dealkylation sites (N-methyl/N-ethyl adjacent to an activating group) is 1. The monoisotopic (exact) mass is 553 g/mol. The molecule has 0 spiro atoms. The van der Waals surface area contributed by atoms with E-state index in [1.807, 2.05) is 24.3 Å². The van der Waals surface area contributed by atoms with Gasteiger partial charge in [-0.1, -0.05) is 54.6 Å². The van der Waals surface area contributed by atoms with Crippen molar-refractivity contribution in [3.8, 4) is 11.1 Å². The highest BCUT2D eigenvalue weighted by atomic mass is 32.1. The molecule has 1 aliphatic heterocycles. The number of nitrogens with zero attached hydrogens (tertiary/aromatic N) is 4. The molecule has 1 saturated heterocycles. The quantitative estimate of drug-likeness (QED) is 0.311. The van der Waals surface area contributed by atoms with Crippen LogP contribution in [0.2, 0.25) is 0 Å².